The van der Waals surface area contributed by atoms with Gasteiger partial charge in [0.1, 0.15) is 0 Å². The van der Waals surface area contributed by atoms with Crippen molar-refractivity contribution in [2.75, 3.05) is 0 Å². The van der Waals surface area contributed by atoms with Crippen LogP contribution >= 0.6 is 11.6 Å². The van der Waals surface area contributed by atoms with Crippen LogP contribution in [0.25, 0.3) is 10.8 Å². The van der Waals surface area contributed by atoms with E-state index in [0.717, 1.165) is 31.1 Å². The highest BCUT2D eigenvalue weighted by molar-refractivity contribution is 7.89. The summed E-state index contributed by atoms with van der Waals surface area (Å²) in [5, 5.41) is 2.02. The summed E-state index contributed by atoms with van der Waals surface area (Å²) in [7, 11) is -3.51. The molecule has 2 aromatic rings. The minimum atomic E-state index is -3.51. The van der Waals surface area contributed by atoms with Crippen molar-refractivity contribution in [1.29, 1.82) is 0 Å². The number of fused-ring (bicyclic) bond motifs is 1. The minimum absolute atomic E-state index is 0.0539. The van der Waals surface area contributed by atoms with Crippen LogP contribution in [0.15, 0.2) is 41.3 Å². The highest BCUT2D eigenvalue weighted by Crippen LogP contribution is 2.30. The smallest absolute Gasteiger partial charge is 0.208 e. The summed E-state index contributed by atoms with van der Waals surface area (Å²) in [6.45, 7) is 0. The third kappa shape index (κ3) is 3.07. The second kappa shape index (κ2) is 5.95. The fraction of sp³-hybridized carbons (Fsp3) is 0.375. The average Bonchev–Trinajstić information content (AvgIpc) is 2.48. The number of hydrogen-bond donors (Lipinski definition) is 1. The predicted molar refractivity (Wildman–Crippen MR) is 86.2 cm³/mol. The van der Waals surface area contributed by atoms with E-state index in [4.69, 9.17) is 11.6 Å². The van der Waals surface area contributed by atoms with Gasteiger partial charge in [0.05, 0.1) is 4.90 Å². The van der Waals surface area contributed by atoms with Crippen LogP contribution in [0.2, 0.25) is 5.02 Å². The molecule has 112 valence electrons. The SMILES string of the molecule is O=S(=O)(NC1CCCCC1)c1ccc(Cl)c2ccccc12. The van der Waals surface area contributed by atoms with Gasteiger partial charge in [-0.1, -0.05) is 55.1 Å². The van der Waals surface area contributed by atoms with Gasteiger partial charge in [0.2, 0.25) is 10.0 Å². The van der Waals surface area contributed by atoms with Gasteiger partial charge in [-0.3, -0.25) is 0 Å². The molecule has 3 rings (SSSR count). The summed E-state index contributed by atoms with van der Waals surface area (Å²) in [4.78, 5) is 0.313. The van der Waals surface area contributed by atoms with E-state index >= 15 is 0 Å². The van der Waals surface area contributed by atoms with E-state index in [2.05, 4.69) is 4.72 Å². The number of rotatable bonds is 3. The van der Waals surface area contributed by atoms with Crippen LogP contribution in [0.3, 0.4) is 0 Å². The molecule has 2 aromatic carbocycles. The number of benzene rings is 2. The second-order valence-electron chi connectivity index (χ2n) is 5.55. The Labute approximate surface area is 130 Å². The van der Waals surface area contributed by atoms with Crippen LogP contribution in [0, 0.1) is 0 Å². The molecule has 0 amide bonds. The number of halogens is 1. The van der Waals surface area contributed by atoms with Gasteiger partial charge >= 0.3 is 0 Å². The molecule has 1 saturated carbocycles. The molecule has 0 aliphatic heterocycles. The molecule has 5 heteroatoms. The summed E-state index contributed by atoms with van der Waals surface area (Å²) >= 11 is 6.16. The Bertz CT molecular complexity index is 752. The largest absolute Gasteiger partial charge is 0.241 e. The quantitative estimate of drug-likeness (QED) is 0.924. The molecule has 1 aliphatic carbocycles. The highest BCUT2D eigenvalue weighted by Gasteiger charge is 2.23. The van der Waals surface area contributed by atoms with Crippen molar-refractivity contribution in [2.24, 2.45) is 0 Å². The lowest BCUT2D eigenvalue weighted by atomic mass is 9.96. The third-order valence-corrected chi connectivity index (χ3v) is 5.96. The minimum Gasteiger partial charge on any atom is -0.208 e. The maximum absolute atomic E-state index is 12.7. The monoisotopic (exact) mass is 323 g/mol. The molecule has 0 spiro atoms. The van der Waals surface area contributed by atoms with E-state index in [1.54, 1.807) is 18.2 Å². The van der Waals surface area contributed by atoms with Gasteiger partial charge < -0.3 is 0 Å². The van der Waals surface area contributed by atoms with Gasteiger partial charge in [-0.05, 0) is 25.0 Å². The van der Waals surface area contributed by atoms with E-state index in [1.165, 1.54) is 6.42 Å². The Balaban J connectivity index is 2.00. The Morgan fingerprint density at radius 1 is 0.952 bits per heavy atom. The van der Waals surface area contributed by atoms with Crippen LogP contribution in [-0.4, -0.2) is 14.5 Å². The van der Waals surface area contributed by atoms with Gasteiger partial charge in [-0.2, -0.15) is 0 Å². The lowest BCUT2D eigenvalue weighted by Crippen LogP contribution is -2.36. The first kappa shape index (κ1) is 14.8. The summed E-state index contributed by atoms with van der Waals surface area (Å²) in [6, 6.07) is 10.6. The molecule has 0 saturated heterocycles. The molecule has 0 atom stereocenters. The molecule has 3 nitrogen and oxygen atoms in total. The Morgan fingerprint density at radius 2 is 1.62 bits per heavy atom. The van der Waals surface area contributed by atoms with Gasteiger partial charge in [0.25, 0.3) is 0 Å². The fourth-order valence-corrected chi connectivity index (χ4v) is 4.72. The normalized spacial score (nSPS) is 17.2. The van der Waals surface area contributed by atoms with Crippen molar-refractivity contribution in [1.82, 2.24) is 4.72 Å². The molecule has 0 radical (unpaired) electrons. The van der Waals surface area contributed by atoms with Gasteiger partial charge in [0.15, 0.2) is 0 Å². The third-order valence-electron chi connectivity index (χ3n) is 4.05. The lowest BCUT2D eigenvalue weighted by molar-refractivity contribution is 0.412. The van der Waals surface area contributed by atoms with Crippen molar-refractivity contribution < 1.29 is 8.42 Å². The molecular formula is C16H18ClNO2S. The number of nitrogens with one attached hydrogen (secondary N) is 1. The molecule has 1 fully saturated rings. The molecular weight excluding hydrogens is 306 g/mol. The standard InChI is InChI=1S/C16H18ClNO2S/c17-15-10-11-16(14-9-5-4-8-13(14)15)21(19,20)18-12-6-2-1-3-7-12/h4-5,8-12,18H,1-3,6-7H2. The zero-order valence-corrected chi connectivity index (χ0v) is 13.3. The van der Waals surface area contributed by atoms with Gasteiger partial charge in [0, 0.05) is 21.8 Å². The Morgan fingerprint density at radius 3 is 2.33 bits per heavy atom. The highest BCUT2D eigenvalue weighted by atomic mass is 35.5. The Hall–Kier alpha value is -1.10. The molecule has 0 heterocycles. The molecule has 1 aliphatic rings. The molecule has 0 aromatic heterocycles. The van der Waals surface area contributed by atoms with Crippen LogP contribution < -0.4 is 4.72 Å². The van der Waals surface area contributed by atoms with E-state index < -0.39 is 10.0 Å². The van der Waals surface area contributed by atoms with Crippen molar-refractivity contribution in [3.8, 4) is 0 Å². The zero-order chi connectivity index (χ0) is 14.9. The maximum Gasteiger partial charge on any atom is 0.241 e. The zero-order valence-electron chi connectivity index (χ0n) is 11.7. The van der Waals surface area contributed by atoms with E-state index in [-0.39, 0.29) is 6.04 Å². The summed E-state index contributed by atoms with van der Waals surface area (Å²) in [5.41, 5.74) is 0. The van der Waals surface area contributed by atoms with Crippen molar-refractivity contribution in [3.63, 3.8) is 0 Å². The van der Waals surface area contributed by atoms with E-state index in [0.29, 0.717) is 15.3 Å². The number of sulfonamides is 1. The first-order valence-electron chi connectivity index (χ1n) is 7.27. The molecule has 1 N–H and O–H groups in total. The first-order chi connectivity index (χ1) is 10.1. The van der Waals surface area contributed by atoms with E-state index in [9.17, 15) is 8.42 Å². The van der Waals surface area contributed by atoms with Gasteiger partial charge in [-0.25, -0.2) is 13.1 Å². The summed E-state index contributed by atoms with van der Waals surface area (Å²) < 4.78 is 28.2. The van der Waals surface area contributed by atoms with Crippen LogP contribution in [0.1, 0.15) is 32.1 Å². The lowest BCUT2D eigenvalue weighted by Gasteiger charge is -2.23. The van der Waals surface area contributed by atoms with Crippen LogP contribution in [-0.2, 0) is 10.0 Å². The van der Waals surface area contributed by atoms with Crippen molar-refractivity contribution in [2.45, 2.75) is 43.0 Å². The summed E-state index contributed by atoms with van der Waals surface area (Å²) in [6.07, 6.45) is 5.22. The van der Waals surface area contributed by atoms with Crippen molar-refractivity contribution >= 4 is 32.4 Å². The van der Waals surface area contributed by atoms with Crippen molar-refractivity contribution in [3.05, 3.63) is 41.4 Å². The molecule has 0 unspecified atom stereocenters. The average molecular weight is 324 g/mol. The predicted octanol–water partition coefficient (Wildman–Crippen LogP) is 4.10. The second-order valence-corrected chi connectivity index (χ2v) is 7.64. The fourth-order valence-electron chi connectivity index (χ4n) is 2.97. The Kier molecular flexibility index (Phi) is 4.20. The van der Waals surface area contributed by atoms with E-state index in [1.807, 2.05) is 18.2 Å². The topological polar surface area (TPSA) is 46.2 Å². The van der Waals surface area contributed by atoms with Gasteiger partial charge in [-0.15, -0.1) is 0 Å². The maximum atomic E-state index is 12.7. The van der Waals surface area contributed by atoms with Crippen LogP contribution in [0.4, 0.5) is 0 Å². The molecule has 0 bridgehead atoms. The first-order valence-corrected chi connectivity index (χ1v) is 9.13. The molecule has 21 heavy (non-hydrogen) atoms. The number of hydrogen-bond acceptors (Lipinski definition) is 2. The summed E-state index contributed by atoms with van der Waals surface area (Å²) in [5.74, 6) is 0. The van der Waals surface area contributed by atoms with Crippen LogP contribution in [0.5, 0.6) is 0 Å².